The Hall–Kier alpha value is -1.50. The van der Waals surface area contributed by atoms with Crippen molar-refractivity contribution >= 4 is 23.4 Å². The number of hydrogen-bond acceptors (Lipinski definition) is 5. The molecular weight excluding hydrogens is 230 g/mol. The Morgan fingerprint density at radius 2 is 2.31 bits per heavy atom. The Kier molecular flexibility index (Phi) is 3.14. The summed E-state index contributed by atoms with van der Waals surface area (Å²) in [7, 11) is 0. The lowest BCUT2D eigenvalue weighted by Crippen LogP contribution is -2.32. The van der Waals surface area contributed by atoms with E-state index in [1.54, 1.807) is 0 Å². The molecule has 1 saturated carbocycles. The zero-order valence-corrected chi connectivity index (χ0v) is 9.24. The summed E-state index contributed by atoms with van der Waals surface area (Å²) in [4.78, 5) is 22.8. The summed E-state index contributed by atoms with van der Waals surface area (Å²) < 4.78 is 3.60. The molecule has 0 radical (unpaired) electrons. The molecule has 2 atom stereocenters. The molecule has 2 N–H and O–H groups in total. The molecule has 1 aromatic rings. The number of amides is 1. The molecular formula is C9H11N3O3S. The standard InChI is InChI=1S/C9H11N3O3S/c13-8(7-4-10-12-16-7)11-6-2-1-5(3-6)9(14)15/h4-6H,1-3H2,(H,11,13)(H,14,15). The van der Waals surface area contributed by atoms with Crippen molar-refractivity contribution in [2.45, 2.75) is 25.3 Å². The molecule has 16 heavy (non-hydrogen) atoms. The van der Waals surface area contributed by atoms with E-state index < -0.39 is 5.97 Å². The first-order valence-corrected chi connectivity index (χ1v) is 5.75. The lowest BCUT2D eigenvalue weighted by atomic mass is 10.1. The van der Waals surface area contributed by atoms with Crippen molar-refractivity contribution in [3.8, 4) is 0 Å². The van der Waals surface area contributed by atoms with Gasteiger partial charge in [0.25, 0.3) is 5.91 Å². The quantitative estimate of drug-likeness (QED) is 0.805. The van der Waals surface area contributed by atoms with Crippen molar-refractivity contribution in [1.29, 1.82) is 0 Å². The maximum atomic E-state index is 11.6. The zero-order chi connectivity index (χ0) is 11.5. The molecule has 1 fully saturated rings. The van der Waals surface area contributed by atoms with Gasteiger partial charge in [-0.15, -0.1) is 5.10 Å². The Morgan fingerprint density at radius 1 is 1.50 bits per heavy atom. The average Bonchev–Trinajstić information content (AvgIpc) is 2.87. The van der Waals surface area contributed by atoms with Crippen LogP contribution in [0.25, 0.3) is 0 Å². The molecule has 0 bridgehead atoms. The van der Waals surface area contributed by atoms with E-state index in [0.29, 0.717) is 17.7 Å². The second-order valence-corrected chi connectivity index (χ2v) is 4.59. The van der Waals surface area contributed by atoms with Crippen LogP contribution < -0.4 is 5.32 Å². The third-order valence-corrected chi connectivity index (χ3v) is 3.37. The van der Waals surface area contributed by atoms with E-state index in [1.165, 1.54) is 6.20 Å². The van der Waals surface area contributed by atoms with Crippen LogP contribution in [0.15, 0.2) is 6.20 Å². The monoisotopic (exact) mass is 241 g/mol. The van der Waals surface area contributed by atoms with Crippen molar-refractivity contribution in [2.75, 3.05) is 0 Å². The Bertz CT molecular complexity index is 393. The van der Waals surface area contributed by atoms with Gasteiger partial charge in [-0.1, -0.05) is 4.49 Å². The minimum atomic E-state index is -0.781. The van der Waals surface area contributed by atoms with Gasteiger partial charge in [-0.25, -0.2) is 0 Å². The van der Waals surface area contributed by atoms with Crippen LogP contribution in [0.2, 0.25) is 0 Å². The van der Waals surface area contributed by atoms with Crippen LogP contribution in [0.5, 0.6) is 0 Å². The summed E-state index contributed by atoms with van der Waals surface area (Å²) >= 11 is 1.03. The molecule has 2 rings (SSSR count). The molecule has 1 amide bonds. The van der Waals surface area contributed by atoms with E-state index >= 15 is 0 Å². The number of nitrogens with zero attached hydrogens (tertiary/aromatic N) is 2. The lowest BCUT2D eigenvalue weighted by Gasteiger charge is -2.10. The molecule has 0 aliphatic heterocycles. The first kappa shape index (κ1) is 11.0. The number of nitrogens with one attached hydrogen (secondary N) is 1. The Labute approximate surface area is 95.8 Å². The summed E-state index contributed by atoms with van der Waals surface area (Å²) in [6.07, 6.45) is 3.26. The maximum absolute atomic E-state index is 11.6. The molecule has 1 heterocycles. The van der Waals surface area contributed by atoms with E-state index in [1.807, 2.05) is 0 Å². The lowest BCUT2D eigenvalue weighted by molar-refractivity contribution is -0.141. The topological polar surface area (TPSA) is 92.2 Å². The number of carboxylic acid groups (broad SMARTS) is 1. The molecule has 1 aliphatic carbocycles. The highest BCUT2D eigenvalue weighted by Gasteiger charge is 2.30. The normalized spacial score (nSPS) is 24.2. The summed E-state index contributed by atoms with van der Waals surface area (Å²) in [5.74, 6) is -1.33. The molecule has 2 unspecified atom stereocenters. The highest BCUT2D eigenvalue weighted by molar-refractivity contribution is 7.07. The first-order valence-electron chi connectivity index (χ1n) is 4.98. The van der Waals surface area contributed by atoms with E-state index in [0.717, 1.165) is 18.0 Å². The SMILES string of the molecule is O=C(NC1CCC(C(=O)O)C1)c1cnns1. The fraction of sp³-hybridized carbons (Fsp3) is 0.556. The smallest absolute Gasteiger partial charge is 0.306 e. The van der Waals surface area contributed by atoms with Crippen LogP contribution >= 0.6 is 11.5 Å². The average molecular weight is 241 g/mol. The number of aliphatic carboxylic acids is 1. The van der Waals surface area contributed by atoms with Gasteiger partial charge in [-0.05, 0) is 30.8 Å². The number of carboxylic acids is 1. The van der Waals surface area contributed by atoms with Gasteiger partial charge in [-0.2, -0.15) is 0 Å². The molecule has 0 spiro atoms. The summed E-state index contributed by atoms with van der Waals surface area (Å²) in [6, 6.07) is -0.0456. The van der Waals surface area contributed by atoms with Gasteiger partial charge < -0.3 is 10.4 Å². The van der Waals surface area contributed by atoms with Crippen LogP contribution in [0.1, 0.15) is 28.9 Å². The van der Waals surface area contributed by atoms with Crippen LogP contribution in [-0.4, -0.2) is 32.6 Å². The zero-order valence-electron chi connectivity index (χ0n) is 8.42. The molecule has 1 aromatic heterocycles. The van der Waals surface area contributed by atoms with Crippen molar-refractivity contribution in [3.05, 3.63) is 11.1 Å². The number of carbonyl (C=O) groups excluding carboxylic acids is 1. The maximum Gasteiger partial charge on any atom is 0.306 e. The number of rotatable bonds is 3. The van der Waals surface area contributed by atoms with E-state index in [-0.39, 0.29) is 17.9 Å². The first-order chi connectivity index (χ1) is 7.66. The van der Waals surface area contributed by atoms with Crippen LogP contribution in [0, 0.1) is 5.92 Å². The highest BCUT2D eigenvalue weighted by Crippen LogP contribution is 2.25. The van der Waals surface area contributed by atoms with Gasteiger partial charge in [0.05, 0.1) is 12.1 Å². The third-order valence-electron chi connectivity index (χ3n) is 2.70. The molecule has 7 heteroatoms. The fourth-order valence-corrected chi connectivity index (χ4v) is 2.28. The van der Waals surface area contributed by atoms with E-state index in [4.69, 9.17) is 5.11 Å². The van der Waals surface area contributed by atoms with E-state index in [2.05, 4.69) is 14.9 Å². The van der Waals surface area contributed by atoms with Crippen LogP contribution in [-0.2, 0) is 4.79 Å². The van der Waals surface area contributed by atoms with Crippen molar-refractivity contribution in [3.63, 3.8) is 0 Å². The summed E-state index contributed by atoms with van der Waals surface area (Å²) in [5.41, 5.74) is 0. The fourth-order valence-electron chi connectivity index (χ4n) is 1.86. The molecule has 86 valence electrons. The third kappa shape index (κ3) is 2.35. The largest absolute Gasteiger partial charge is 0.481 e. The van der Waals surface area contributed by atoms with Crippen LogP contribution in [0.4, 0.5) is 0 Å². The minimum absolute atomic E-state index is 0.0456. The van der Waals surface area contributed by atoms with Gasteiger partial charge in [0, 0.05) is 6.04 Å². The molecule has 0 aromatic carbocycles. The minimum Gasteiger partial charge on any atom is -0.481 e. The number of aromatic nitrogens is 2. The molecule has 0 saturated heterocycles. The van der Waals surface area contributed by atoms with Crippen LogP contribution in [0.3, 0.4) is 0 Å². The van der Waals surface area contributed by atoms with Gasteiger partial charge >= 0.3 is 5.97 Å². The summed E-state index contributed by atoms with van der Waals surface area (Å²) in [5, 5.41) is 15.2. The van der Waals surface area contributed by atoms with Crippen molar-refractivity contribution in [1.82, 2.24) is 14.9 Å². The van der Waals surface area contributed by atoms with Crippen molar-refractivity contribution in [2.24, 2.45) is 5.92 Å². The molecule has 6 nitrogen and oxygen atoms in total. The second-order valence-electron chi connectivity index (χ2n) is 3.80. The van der Waals surface area contributed by atoms with E-state index in [9.17, 15) is 9.59 Å². The summed E-state index contributed by atoms with van der Waals surface area (Å²) in [6.45, 7) is 0. The van der Waals surface area contributed by atoms with Gasteiger partial charge in [0.2, 0.25) is 0 Å². The highest BCUT2D eigenvalue weighted by atomic mass is 32.1. The predicted molar refractivity (Wildman–Crippen MR) is 56.1 cm³/mol. The van der Waals surface area contributed by atoms with Crippen molar-refractivity contribution < 1.29 is 14.7 Å². The van der Waals surface area contributed by atoms with Gasteiger partial charge in [0.1, 0.15) is 4.88 Å². The Balaban J connectivity index is 1.88. The predicted octanol–water partition coefficient (Wildman–Crippen LogP) is 0.521. The second kappa shape index (κ2) is 4.56. The van der Waals surface area contributed by atoms with Gasteiger partial charge in [-0.3, -0.25) is 9.59 Å². The van der Waals surface area contributed by atoms with Gasteiger partial charge in [0.15, 0.2) is 0 Å². The number of hydrogen-bond donors (Lipinski definition) is 2. The molecule has 1 aliphatic rings. The Morgan fingerprint density at radius 3 is 2.88 bits per heavy atom. The number of carbonyl (C=O) groups is 2.